The maximum absolute atomic E-state index is 5.77. The fourth-order valence-corrected chi connectivity index (χ4v) is 2.93. The van der Waals surface area contributed by atoms with Gasteiger partial charge in [-0.25, -0.2) is 0 Å². The molecule has 0 bridgehead atoms. The molecule has 0 saturated carbocycles. The van der Waals surface area contributed by atoms with Gasteiger partial charge in [0.15, 0.2) is 0 Å². The van der Waals surface area contributed by atoms with Crippen LogP contribution in [0.25, 0.3) is 0 Å². The number of rotatable bonds is 6. The van der Waals surface area contributed by atoms with Crippen LogP contribution in [0, 0.1) is 5.92 Å². The van der Waals surface area contributed by atoms with E-state index < -0.39 is 0 Å². The van der Waals surface area contributed by atoms with E-state index >= 15 is 0 Å². The van der Waals surface area contributed by atoms with E-state index in [0.717, 1.165) is 18.9 Å². The molecular weight excluding hydrogens is 242 g/mol. The number of hydrogen-bond acceptors (Lipinski definition) is 3. The molecule has 2 unspecified atom stereocenters. The predicted octanol–water partition coefficient (Wildman–Crippen LogP) is 3.49. The lowest BCUT2D eigenvalue weighted by atomic mass is 9.92. The maximum Gasteiger partial charge on any atom is 0.124 e. The molecule has 1 aromatic carbocycles. The molecule has 2 nitrogen and oxygen atoms in total. The lowest BCUT2D eigenvalue weighted by Crippen LogP contribution is -2.34. The Bertz CT molecular complexity index is 369. The van der Waals surface area contributed by atoms with Gasteiger partial charge in [-0.05, 0) is 37.5 Å². The minimum atomic E-state index is 0.448. The quantitative estimate of drug-likeness (QED) is 0.796. The van der Waals surface area contributed by atoms with E-state index in [9.17, 15) is 0 Å². The van der Waals surface area contributed by atoms with Gasteiger partial charge in [-0.2, -0.15) is 11.8 Å². The van der Waals surface area contributed by atoms with Crippen molar-refractivity contribution < 1.29 is 4.74 Å². The smallest absolute Gasteiger partial charge is 0.124 e. The molecule has 1 aliphatic heterocycles. The largest absolute Gasteiger partial charge is 0.493 e. The highest BCUT2D eigenvalue weighted by molar-refractivity contribution is 7.98. The van der Waals surface area contributed by atoms with E-state index in [1.54, 1.807) is 0 Å². The lowest BCUT2D eigenvalue weighted by Gasteiger charge is -2.32. The third kappa shape index (κ3) is 3.42. The van der Waals surface area contributed by atoms with Crippen molar-refractivity contribution in [2.45, 2.75) is 25.8 Å². The fraction of sp³-hybridized carbons (Fsp3) is 0.600. The zero-order valence-corrected chi connectivity index (χ0v) is 12.1. The zero-order valence-electron chi connectivity index (χ0n) is 11.3. The topological polar surface area (TPSA) is 21.3 Å². The molecule has 0 aromatic heterocycles. The van der Waals surface area contributed by atoms with Gasteiger partial charge >= 0.3 is 0 Å². The van der Waals surface area contributed by atoms with Gasteiger partial charge in [-0.3, -0.25) is 0 Å². The summed E-state index contributed by atoms with van der Waals surface area (Å²) in [5, 5.41) is 3.70. The molecule has 0 radical (unpaired) electrons. The monoisotopic (exact) mass is 265 g/mol. The number of fused-ring (bicyclic) bond motifs is 1. The number of benzene rings is 1. The predicted molar refractivity (Wildman–Crippen MR) is 79.5 cm³/mol. The van der Waals surface area contributed by atoms with Crippen LogP contribution in [0.5, 0.6) is 5.75 Å². The molecule has 0 aliphatic carbocycles. The second-order valence-corrected chi connectivity index (χ2v) is 5.94. The summed E-state index contributed by atoms with van der Waals surface area (Å²) in [6.07, 6.45) is 4.73. The van der Waals surface area contributed by atoms with Crippen LogP contribution in [-0.2, 0) is 0 Å². The van der Waals surface area contributed by atoms with Crippen molar-refractivity contribution in [1.29, 1.82) is 0 Å². The third-order valence-electron chi connectivity index (χ3n) is 3.46. The summed E-state index contributed by atoms with van der Waals surface area (Å²) < 4.78 is 5.77. The number of thioether (sulfide) groups is 1. The van der Waals surface area contributed by atoms with E-state index in [-0.39, 0.29) is 0 Å². The molecule has 2 rings (SSSR count). The van der Waals surface area contributed by atoms with Gasteiger partial charge < -0.3 is 10.1 Å². The molecule has 0 amide bonds. The minimum absolute atomic E-state index is 0.448. The van der Waals surface area contributed by atoms with Crippen LogP contribution >= 0.6 is 11.8 Å². The van der Waals surface area contributed by atoms with Crippen LogP contribution in [0.1, 0.15) is 31.4 Å². The Hall–Kier alpha value is -0.670. The number of para-hydroxylation sites is 1. The Morgan fingerprint density at radius 1 is 1.33 bits per heavy atom. The summed E-state index contributed by atoms with van der Waals surface area (Å²) in [4.78, 5) is 0. The fourth-order valence-electron chi connectivity index (χ4n) is 2.43. The molecule has 0 spiro atoms. The third-order valence-corrected chi connectivity index (χ3v) is 4.16. The van der Waals surface area contributed by atoms with Gasteiger partial charge in [-0.1, -0.05) is 25.1 Å². The molecular formula is C15H23NOS. The van der Waals surface area contributed by atoms with Crippen molar-refractivity contribution in [3.63, 3.8) is 0 Å². The van der Waals surface area contributed by atoms with Crippen molar-refractivity contribution in [1.82, 2.24) is 5.32 Å². The Morgan fingerprint density at radius 2 is 2.17 bits per heavy atom. The first-order valence-electron chi connectivity index (χ1n) is 6.77. The van der Waals surface area contributed by atoms with E-state index in [1.807, 2.05) is 17.8 Å². The van der Waals surface area contributed by atoms with Crippen LogP contribution in [-0.4, -0.2) is 25.2 Å². The summed E-state index contributed by atoms with van der Waals surface area (Å²) in [5.41, 5.74) is 1.32. The summed E-state index contributed by atoms with van der Waals surface area (Å²) in [5.74, 6) is 2.86. The van der Waals surface area contributed by atoms with Crippen molar-refractivity contribution in [2.24, 2.45) is 5.92 Å². The molecule has 0 fully saturated rings. The molecule has 1 aliphatic rings. The summed E-state index contributed by atoms with van der Waals surface area (Å²) in [7, 11) is 0. The number of ether oxygens (including phenoxy) is 1. The standard InChI is InChI=1S/C15H23NOS/c1-12-11-17-14-8-4-3-7-13(14)15(12)16-9-5-6-10-18-2/h3-4,7-8,12,15-16H,5-6,9-11H2,1-2H3. The molecule has 1 N–H and O–H groups in total. The lowest BCUT2D eigenvalue weighted by molar-refractivity contribution is 0.188. The maximum atomic E-state index is 5.77. The Balaban J connectivity index is 1.90. The first-order chi connectivity index (χ1) is 8.83. The number of hydrogen-bond donors (Lipinski definition) is 1. The Kier molecular flexibility index (Phi) is 5.39. The molecule has 1 aromatic rings. The van der Waals surface area contributed by atoms with Crippen LogP contribution in [0.4, 0.5) is 0 Å². The van der Waals surface area contributed by atoms with E-state index in [2.05, 4.69) is 36.7 Å². The van der Waals surface area contributed by atoms with E-state index in [0.29, 0.717) is 12.0 Å². The van der Waals surface area contributed by atoms with Crippen LogP contribution in [0.2, 0.25) is 0 Å². The Labute approximate surface area is 114 Å². The summed E-state index contributed by atoms with van der Waals surface area (Å²) >= 11 is 1.93. The average Bonchev–Trinajstić information content (AvgIpc) is 2.41. The molecule has 2 atom stereocenters. The zero-order chi connectivity index (χ0) is 12.8. The first-order valence-corrected chi connectivity index (χ1v) is 8.16. The normalized spacial score (nSPS) is 22.3. The van der Waals surface area contributed by atoms with Crippen molar-refractivity contribution in [3.05, 3.63) is 29.8 Å². The molecule has 100 valence electrons. The first kappa shape index (κ1) is 13.8. The van der Waals surface area contributed by atoms with Crippen LogP contribution < -0.4 is 10.1 Å². The molecule has 0 saturated heterocycles. The Morgan fingerprint density at radius 3 is 3.00 bits per heavy atom. The van der Waals surface area contributed by atoms with E-state index in [1.165, 1.54) is 24.2 Å². The van der Waals surface area contributed by atoms with Gasteiger partial charge in [0, 0.05) is 17.5 Å². The highest BCUT2D eigenvalue weighted by Crippen LogP contribution is 2.34. The highest BCUT2D eigenvalue weighted by atomic mass is 32.2. The SMILES string of the molecule is CSCCCCNC1c2ccccc2OCC1C. The van der Waals surface area contributed by atoms with Crippen LogP contribution in [0.3, 0.4) is 0 Å². The minimum Gasteiger partial charge on any atom is -0.493 e. The van der Waals surface area contributed by atoms with Crippen LogP contribution in [0.15, 0.2) is 24.3 Å². The highest BCUT2D eigenvalue weighted by Gasteiger charge is 2.26. The summed E-state index contributed by atoms with van der Waals surface area (Å²) in [6, 6.07) is 8.85. The second kappa shape index (κ2) is 7.05. The summed E-state index contributed by atoms with van der Waals surface area (Å²) in [6.45, 7) is 4.18. The van der Waals surface area contributed by atoms with Crippen molar-refractivity contribution in [2.75, 3.05) is 25.2 Å². The molecule has 3 heteroatoms. The second-order valence-electron chi connectivity index (χ2n) is 4.96. The van der Waals surface area contributed by atoms with Crippen molar-refractivity contribution in [3.8, 4) is 5.75 Å². The van der Waals surface area contributed by atoms with Gasteiger partial charge in [-0.15, -0.1) is 0 Å². The van der Waals surface area contributed by atoms with Gasteiger partial charge in [0.2, 0.25) is 0 Å². The molecule has 1 heterocycles. The number of unbranched alkanes of at least 4 members (excludes halogenated alkanes) is 1. The van der Waals surface area contributed by atoms with Gasteiger partial charge in [0.1, 0.15) is 5.75 Å². The number of nitrogens with one attached hydrogen (secondary N) is 1. The van der Waals surface area contributed by atoms with Gasteiger partial charge in [0.05, 0.1) is 6.61 Å². The molecule has 18 heavy (non-hydrogen) atoms. The van der Waals surface area contributed by atoms with Gasteiger partial charge in [0.25, 0.3) is 0 Å². The van der Waals surface area contributed by atoms with E-state index in [4.69, 9.17) is 4.74 Å². The van der Waals surface area contributed by atoms with Crippen molar-refractivity contribution >= 4 is 11.8 Å². The average molecular weight is 265 g/mol.